The van der Waals surface area contributed by atoms with E-state index in [-0.39, 0.29) is 12.4 Å². The van der Waals surface area contributed by atoms with Gasteiger partial charge in [-0.25, -0.2) is 4.98 Å². The van der Waals surface area contributed by atoms with Crippen molar-refractivity contribution in [3.05, 3.63) is 35.4 Å². The Bertz CT molecular complexity index is 471. The maximum atomic E-state index is 6.02. The average molecular weight is 246 g/mol. The van der Waals surface area contributed by atoms with Crippen LogP contribution < -0.4 is 5.73 Å². The van der Waals surface area contributed by atoms with Gasteiger partial charge in [-0.15, -0.1) is 12.4 Å². The van der Waals surface area contributed by atoms with E-state index in [1.165, 1.54) is 0 Å². The Morgan fingerprint density at radius 2 is 2.13 bits per heavy atom. The Hall–Kier alpha value is -0.770. The van der Waals surface area contributed by atoms with E-state index in [9.17, 15) is 0 Å². The van der Waals surface area contributed by atoms with Gasteiger partial charge in [0.05, 0.1) is 22.3 Å². The lowest BCUT2D eigenvalue weighted by molar-refractivity contribution is 0.512. The third-order valence-electron chi connectivity index (χ3n) is 2.10. The number of hydrogen-bond donors (Lipinski definition) is 1. The third kappa shape index (κ3) is 2.09. The van der Waals surface area contributed by atoms with E-state index < -0.39 is 5.54 Å². The molecule has 2 aromatic heterocycles. The molecule has 0 aliphatic rings. The SMILES string of the molecule is CC(C)(N)c1ncc2c(Cl)cccn12.Cl. The minimum Gasteiger partial charge on any atom is -0.319 e. The summed E-state index contributed by atoms with van der Waals surface area (Å²) in [7, 11) is 0. The molecule has 0 saturated carbocycles. The standard InChI is InChI=1S/C10H12ClN3.ClH/c1-10(2,12)9-13-6-8-7(11)4-3-5-14(8)9;/h3-6H,12H2,1-2H3;1H. The van der Waals surface area contributed by atoms with Crippen LogP contribution in [0.1, 0.15) is 19.7 Å². The lowest BCUT2D eigenvalue weighted by Gasteiger charge is -2.16. The Labute approximate surface area is 99.7 Å². The quantitative estimate of drug-likeness (QED) is 0.840. The fraction of sp³-hybridized carbons (Fsp3) is 0.300. The molecule has 0 fully saturated rings. The minimum absolute atomic E-state index is 0. The zero-order valence-electron chi connectivity index (χ0n) is 8.57. The van der Waals surface area contributed by atoms with Crippen LogP contribution in [0.15, 0.2) is 24.5 Å². The van der Waals surface area contributed by atoms with E-state index >= 15 is 0 Å². The molecule has 2 rings (SSSR count). The average Bonchev–Trinajstić information content (AvgIpc) is 2.47. The highest BCUT2D eigenvalue weighted by atomic mass is 35.5. The Morgan fingerprint density at radius 1 is 1.47 bits per heavy atom. The van der Waals surface area contributed by atoms with Gasteiger partial charge in [0.2, 0.25) is 0 Å². The molecule has 0 radical (unpaired) electrons. The molecular weight excluding hydrogens is 233 g/mol. The summed E-state index contributed by atoms with van der Waals surface area (Å²) >= 11 is 6.02. The Balaban J connectivity index is 0.00000112. The van der Waals surface area contributed by atoms with Crippen LogP contribution in [0.5, 0.6) is 0 Å². The van der Waals surface area contributed by atoms with Gasteiger partial charge < -0.3 is 10.1 Å². The van der Waals surface area contributed by atoms with Crippen LogP contribution in [-0.4, -0.2) is 9.38 Å². The van der Waals surface area contributed by atoms with Crippen LogP contribution >= 0.6 is 24.0 Å². The van der Waals surface area contributed by atoms with Crippen molar-refractivity contribution in [2.45, 2.75) is 19.4 Å². The van der Waals surface area contributed by atoms with Crippen molar-refractivity contribution in [3.8, 4) is 0 Å². The van der Waals surface area contributed by atoms with Crippen molar-refractivity contribution in [1.82, 2.24) is 9.38 Å². The van der Waals surface area contributed by atoms with Gasteiger partial charge >= 0.3 is 0 Å². The van der Waals surface area contributed by atoms with Crippen molar-refractivity contribution in [3.63, 3.8) is 0 Å². The van der Waals surface area contributed by atoms with Crippen molar-refractivity contribution >= 4 is 29.5 Å². The molecule has 5 heteroatoms. The topological polar surface area (TPSA) is 43.3 Å². The first kappa shape index (κ1) is 12.3. The molecule has 82 valence electrons. The lowest BCUT2D eigenvalue weighted by Crippen LogP contribution is -2.31. The van der Waals surface area contributed by atoms with E-state index in [1.54, 1.807) is 6.20 Å². The summed E-state index contributed by atoms with van der Waals surface area (Å²) in [5.74, 6) is 0.815. The van der Waals surface area contributed by atoms with Gasteiger partial charge in [0.1, 0.15) is 5.82 Å². The van der Waals surface area contributed by atoms with Crippen LogP contribution in [0.2, 0.25) is 5.02 Å². The van der Waals surface area contributed by atoms with Crippen molar-refractivity contribution in [1.29, 1.82) is 0 Å². The highest BCUT2D eigenvalue weighted by Crippen LogP contribution is 2.22. The van der Waals surface area contributed by atoms with Gasteiger partial charge in [-0.05, 0) is 26.0 Å². The molecule has 2 aromatic rings. The molecule has 0 bridgehead atoms. The second-order valence-electron chi connectivity index (χ2n) is 3.91. The molecule has 0 unspecified atom stereocenters. The predicted molar refractivity (Wildman–Crippen MR) is 64.7 cm³/mol. The highest BCUT2D eigenvalue weighted by molar-refractivity contribution is 6.33. The van der Waals surface area contributed by atoms with E-state index in [0.29, 0.717) is 5.02 Å². The van der Waals surface area contributed by atoms with Crippen LogP contribution in [0.25, 0.3) is 5.52 Å². The zero-order chi connectivity index (χ0) is 10.3. The van der Waals surface area contributed by atoms with Gasteiger partial charge in [0, 0.05) is 6.20 Å². The molecule has 0 aromatic carbocycles. The first-order chi connectivity index (χ1) is 6.50. The molecule has 0 atom stereocenters. The summed E-state index contributed by atoms with van der Waals surface area (Å²) in [5, 5.41) is 0.690. The largest absolute Gasteiger partial charge is 0.319 e. The monoisotopic (exact) mass is 245 g/mol. The number of hydrogen-bond acceptors (Lipinski definition) is 2. The number of pyridine rings is 1. The number of fused-ring (bicyclic) bond motifs is 1. The fourth-order valence-corrected chi connectivity index (χ4v) is 1.68. The second kappa shape index (κ2) is 4.00. The molecule has 2 N–H and O–H groups in total. The van der Waals surface area contributed by atoms with Gasteiger partial charge in [-0.1, -0.05) is 11.6 Å². The van der Waals surface area contributed by atoms with Gasteiger partial charge in [-0.3, -0.25) is 0 Å². The molecule has 0 spiro atoms. The maximum absolute atomic E-state index is 6.02. The molecule has 0 saturated heterocycles. The van der Waals surface area contributed by atoms with Crippen molar-refractivity contribution in [2.24, 2.45) is 5.73 Å². The van der Waals surface area contributed by atoms with Crippen LogP contribution in [0.3, 0.4) is 0 Å². The minimum atomic E-state index is -0.461. The molecule has 0 aliphatic carbocycles. The summed E-state index contributed by atoms with van der Waals surface area (Å²) in [6, 6.07) is 3.72. The number of nitrogens with zero attached hydrogens (tertiary/aromatic N) is 2. The van der Waals surface area contributed by atoms with E-state index in [4.69, 9.17) is 17.3 Å². The summed E-state index contributed by atoms with van der Waals surface area (Å²) in [5.41, 5.74) is 6.42. The summed E-state index contributed by atoms with van der Waals surface area (Å²) < 4.78 is 1.92. The highest BCUT2D eigenvalue weighted by Gasteiger charge is 2.20. The molecule has 2 heterocycles. The van der Waals surface area contributed by atoms with Gasteiger partial charge in [0.25, 0.3) is 0 Å². The number of aromatic nitrogens is 2. The van der Waals surface area contributed by atoms with Gasteiger partial charge in [-0.2, -0.15) is 0 Å². The second-order valence-corrected chi connectivity index (χ2v) is 4.32. The normalized spacial score (nSPS) is 11.5. The maximum Gasteiger partial charge on any atom is 0.132 e. The third-order valence-corrected chi connectivity index (χ3v) is 2.42. The first-order valence-corrected chi connectivity index (χ1v) is 4.79. The van der Waals surface area contributed by atoms with Gasteiger partial charge in [0.15, 0.2) is 0 Å². The van der Waals surface area contributed by atoms with Crippen LogP contribution in [-0.2, 0) is 5.54 Å². The molecule has 15 heavy (non-hydrogen) atoms. The summed E-state index contributed by atoms with van der Waals surface area (Å²) in [6.07, 6.45) is 3.66. The van der Waals surface area contributed by atoms with Crippen LogP contribution in [0.4, 0.5) is 0 Å². The lowest BCUT2D eigenvalue weighted by atomic mass is 10.1. The fourth-order valence-electron chi connectivity index (χ4n) is 1.46. The van der Waals surface area contributed by atoms with Crippen molar-refractivity contribution < 1.29 is 0 Å². The summed E-state index contributed by atoms with van der Waals surface area (Å²) in [6.45, 7) is 3.84. The summed E-state index contributed by atoms with van der Waals surface area (Å²) in [4.78, 5) is 4.28. The van der Waals surface area contributed by atoms with E-state index in [0.717, 1.165) is 11.3 Å². The zero-order valence-corrected chi connectivity index (χ0v) is 10.1. The molecule has 3 nitrogen and oxygen atoms in total. The van der Waals surface area contributed by atoms with E-state index in [1.807, 2.05) is 36.6 Å². The van der Waals surface area contributed by atoms with E-state index in [2.05, 4.69) is 4.98 Å². The first-order valence-electron chi connectivity index (χ1n) is 4.41. The smallest absolute Gasteiger partial charge is 0.132 e. The Kier molecular flexibility index (Phi) is 3.28. The number of imidazole rings is 1. The number of rotatable bonds is 1. The van der Waals surface area contributed by atoms with Crippen molar-refractivity contribution in [2.75, 3.05) is 0 Å². The molecule has 0 aliphatic heterocycles. The Morgan fingerprint density at radius 3 is 2.73 bits per heavy atom. The predicted octanol–water partition coefficient (Wildman–Crippen LogP) is 2.60. The number of nitrogens with two attached hydrogens (primary N) is 1. The number of halogens is 2. The molecular formula is C10H13Cl2N3. The van der Waals surface area contributed by atoms with Crippen LogP contribution in [0, 0.1) is 0 Å². The molecule has 0 amide bonds.